The first-order valence-electron chi connectivity index (χ1n) is 6.97. The zero-order valence-electron chi connectivity index (χ0n) is 12.1. The van der Waals surface area contributed by atoms with Gasteiger partial charge in [-0.3, -0.25) is 0 Å². The van der Waals surface area contributed by atoms with Gasteiger partial charge in [-0.05, 0) is 38.1 Å². The van der Waals surface area contributed by atoms with Gasteiger partial charge in [0.05, 0.1) is 5.60 Å². The molecule has 1 aliphatic heterocycles. The molecule has 1 heterocycles. The Morgan fingerprint density at radius 2 is 1.82 bits per heavy atom. The lowest BCUT2D eigenvalue weighted by atomic mass is 9.89. The van der Waals surface area contributed by atoms with Crippen molar-refractivity contribution in [2.24, 2.45) is 11.1 Å². The van der Waals surface area contributed by atoms with E-state index >= 15 is 0 Å². The number of nitrogens with zero attached hydrogens (tertiary/aromatic N) is 1. The summed E-state index contributed by atoms with van der Waals surface area (Å²) >= 11 is 0. The lowest BCUT2D eigenvalue weighted by Gasteiger charge is -2.41. The summed E-state index contributed by atoms with van der Waals surface area (Å²) in [7, 11) is 0. The van der Waals surface area contributed by atoms with Gasteiger partial charge in [-0.1, -0.05) is 20.8 Å². The molecule has 0 unspecified atom stereocenters. The molecular weight excluding hydrogens is 212 g/mol. The summed E-state index contributed by atoms with van der Waals surface area (Å²) in [5, 5.41) is 0. The minimum Gasteiger partial charge on any atom is -0.374 e. The van der Waals surface area contributed by atoms with Gasteiger partial charge in [0.1, 0.15) is 0 Å². The van der Waals surface area contributed by atoms with Crippen molar-refractivity contribution in [2.75, 3.05) is 32.8 Å². The van der Waals surface area contributed by atoms with Crippen LogP contribution in [0.3, 0.4) is 0 Å². The average Bonchev–Trinajstić information content (AvgIpc) is 2.27. The Morgan fingerprint density at radius 3 is 2.24 bits per heavy atom. The van der Waals surface area contributed by atoms with E-state index in [-0.39, 0.29) is 5.60 Å². The fourth-order valence-corrected chi connectivity index (χ4v) is 2.39. The van der Waals surface area contributed by atoms with Crippen molar-refractivity contribution in [1.82, 2.24) is 4.90 Å². The monoisotopic (exact) mass is 242 g/mol. The quantitative estimate of drug-likeness (QED) is 0.803. The van der Waals surface area contributed by atoms with Crippen LogP contribution in [-0.2, 0) is 4.74 Å². The Hall–Kier alpha value is -0.120. The standard InChI is InChI=1S/C14H30N2O/c1-5-17-14(12-15)7-10-16(11-8-14)9-6-13(2,3)4/h5-12,15H2,1-4H3. The number of hydrogen-bond acceptors (Lipinski definition) is 3. The first-order valence-corrected chi connectivity index (χ1v) is 6.97. The zero-order valence-corrected chi connectivity index (χ0v) is 12.1. The van der Waals surface area contributed by atoms with Gasteiger partial charge in [-0.15, -0.1) is 0 Å². The lowest BCUT2D eigenvalue weighted by molar-refractivity contribution is -0.0730. The molecule has 3 nitrogen and oxygen atoms in total. The normalized spacial score (nSPS) is 21.7. The van der Waals surface area contributed by atoms with Gasteiger partial charge in [0.2, 0.25) is 0 Å². The Morgan fingerprint density at radius 1 is 1.24 bits per heavy atom. The van der Waals surface area contributed by atoms with Gasteiger partial charge < -0.3 is 15.4 Å². The summed E-state index contributed by atoms with van der Waals surface area (Å²) in [6, 6.07) is 0. The molecule has 0 aromatic rings. The van der Waals surface area contributed by atoms with E-state index in [9.17, 15) is 0 Å². The van der Waals surface area contributed by atoms with E-state index in [4.69, 9.17) is 10.5 Å². The Balaban J connectivity index is 2.34. The molecule has 2 N–H and O–H groups in total. The van der Waals surface area contributed by atoms with Gasteiger partial charge in [-0.2, -0.15) is 0 Å². The third-order valence-electron chi connectivity index (χ3n) is 3.77. The third-order valence-corrected chi connectivity index (χ3v) is 3.77. The highest BCUT2D eigenvalue weighted by Gasteiger charge is 2.33. The van der Waals surface area contributed by atoms with Crippen LogP contribution in [0.1, 0.15) is 47.0 Å². The first-order chi connectivity index (χ1) is 7.91. The fraction of sp³-hybridized carbons (Fsp3) is 1.00. The molecule has 0 aliphatic carbocycles. The molecule has 1 rings (SSSR count). The highest BCUT2D eigenvalue weighted by molar-refractivity contribution is 4.88. The summed E-state index contributed by atoms with van der Waals surface area (Å²) in [5.41, 5.74) is 6.27. The largest absolute Gasteiger partial charge is 0.374 e. The predicted molar refractivity (Wildman–Crippen MR) is 73.2 cm³/mol. The number of likely N-dealkylation sites (tertiary alicyclic amines) is 1. The number of ether oxygens (including phenoxy) is 1. The SMILES string of the molecule is CCOC1(CN)CCN(CCC(C)(C)C)CC1. The molecule has 1 fully saturated rings. The van der Waals surface area contributed by atoms with Crippen molar-refractivity contribution in [3.63, 3.8) is 0 Å². The summed E-state index contributed by atoms with van der Waals surface area (Å²) < 4.78 is 5.86. The molecule has 0 aromatic heterocycles. The smallest absolute Gasteiger partial charge is 0.0828 e. The van der Waals surface area contributed by atoms with E-state index in [2.05, 4.69) is 32.6 Å². The molecule has 0 aromatic carbocycles. The van der Waals surface area contributed by atoms with Crippen molar-refractivity contribution in [3.8, 4) is 0 Å². The number of piperidine rings is 1. The Bertz CT molecular complexity index is 215. The van der Waals surface area contributed by atoms with Crippen LogP contribution in [0, 0.1) is 5.41 Å². The number of hydrogen-bond donors (Lipinski definition) is 1. The second-order valence-corrected chi connectivity index (χ2v) is 6.47. The van der Waals surface area contributed by atoms with Gasteiger partial charge >= 0.3 is 0 Å². The van der Waals surface area contributed by atoms with Crippen molar-refractivity contribution in [3.05, 3.63) is 0 Å². The Kier molecular flexibility index (Phi) is 5.42. The van der Waals surface area contributed by atoms with E-state index in [1.807, 2.05) is 0 Å². The molecule has 0 spiro atoms. The van der Waals surface area contributed by atoms with Crippen LogP contribution in [0.5, 0.6) is 0 Å². The van der Waals surface area contributed by atoms with E-state index in [1.165, 1.54) is 13.0 Å². The van der Waals surface area contributed by atoms with Crippen LogP contribution in [0.2, 0.25) is 0 Å². The average molecular weight is 242 g/mol. The molecule has 0 radical (unpaired) electrons. The summed E-state index contributed by atoms with van der Waals surface area (Å²) in [4.78, 5) is 2.55. The van der Waals surface area contributed by atoms with Crippen molar-refractivity contribution < 1.29 is 4.74 Å². The van der Waals surface area contributed by atoms with Crippen molar-refractivity contribution in [1.29, 1.82) is 0 Å². The molecular formula is C14H30N2O. The van der Waals surface area contributed by atoms with Crippen LogP contribution >= 0.6 is 0 Å². The summed E-state index contributed by atoms with van der Waals surface area (Å²) in [6.45, 7) is 13.9. The van der Waals surface area contributed by atoms with Crippen LogP contribution in [0.25, 0.3) is 0 Å². The fourth-order valence-electron chi connectivity index (χ4n) is 2.39. The molecule has 102 valence electrons. The molecule has 1 aliphatic rings. The van der Waals surface area contributed by atoms with Gasteiger partial charge in [0, 0.05) is 26.2 Å². The highest BCUT2D eigenvalue weighted by atomic mass is 16.5. The van der Waals surface area contributed by atoms with E-state index in [0.717, 1.165) is 32.5 Å². The maximum Gasteiger partial charge on any atom is 0.0828 e. The molecule has 17 heavy (non-hydrogen) atoms. The van der Waals surface area contributed by atoms with Crippen molar-refractivity contribution in [2.45, 2.75) is 52.6 Å². The molecule has 0 bridgehead atoms. The third kappa shape index (κ3) is 4.94. The van der Waals surface area contributed by atoms with E-state index < -0.39 is 0 Å². The minimum absolute atomic E-state index is 0.0347. The zero-order chi connectivity index (χ0) is 12.9. The van der Waals surface area contributed by atoms with Crippen LogP contribution < -0.4 is 5.73 Å². The maximum absolute atomic E-state index is 5.87. The molecule has 3 heteroatoms. The second kappa shape index (κ2) is 6.17. The number of nitrogens with two attached hydrogens (primary N) is 1. The second-order valence-electron chi connectivity index (χ2n) is 6.47. The summed E-state index contributed by atoms with van der Waals surface area (Å²) in [6.07, 6.45) is 3.43. The molecule has 0 saturated carbocycles. The molecule has 0 amide bonds. The van der Waals surface area contributed by atoms with E-state index in [1.54, 1.807) is 0 Å². The van der Waals surface area contributed by atoms with E-state index in [0.29, 0.717) is 12.0 Å². The van der Waals surface area contributed by atoms with Gasteiger partial charge in [0.25, 0.3) is 0 Å². The maximum atomic E-state index is 5.87. The van der Waals surface area contributed by atoms with Crippen LogP contribution in [0.15, 0.2) is 0 Å². The lowest BCUT2D eigenvalue weighted by Crippen LogP contribution is -2.50. The highest BCUT2D eigenvalue weighted by Crippen LogP contribution is 2.27. The number of rotatable bonds is 5. The summed E-state index contributed by atoms with van der Waals surface area (Å²) in [5.74, 6) is 0. The van der Waals surface area contributed by atoms with Gasteiger partial charge in [-0.25, -0.2) is 0 Å². The molecule has 0 atom stereocenters. The van der Waals surface area contributed by atoms with Gasteiger partial charge in [0.15, 0.2) is 0 Å². The van der Waals surface area contributed by atoms with Crippen molar-refractivity contribution >= 4 is 0 Å². The minimum atomic E-state index is -0.0347. The predicted octanol–water partition coefficient (Wildman–Crippen LogP) is 2.25. The van der Waals surface area contributed by atoms with Crippen LogP contribution in [-0.4, -0.2) is 43.3 Å². The van der Waals surface area contributed by atoms with Crippen LogP contribution in [0.4, 0.5) is 0 Å². The first kappa shape index (κ1) is 14.9. The Labute approximate surface area is 107 Å². The topological polar surface area (TPSA) is 38.5 Å². The molecule has 1 saturated heterocycles.